The zero-order valence-corrected chi connectivity index (χ0v) is 15.3. The molecule has 0 radical (unpaired) electrons. The van der Waals surface area contributed by atoms with Crippen LogP contribution >= 0.6 is 39.3 Å². The molecule has 0 aliphatic carbocycles. The van der Waals surface area contributed by atoms with Crippen molar-refractivity contribution in [3.8, 4) is 5.69 Å². The van der Waals surface area contributed by atoms with Crippen LogP contribution in [-0.4, -0.2) is 29.6 Å². The molecule has 6 nitrogen and oxygen atoms in total. The summed E-state index contributed by atoms with van der Waals surface area (Å²) in [5, 5.41) is 13.3. The van der Waals surface area contributed by atoms with E-state index in [1.54, 1.807) is 4.68 Å². The summed E-state index contributed by atoms with van der Waals surface area (Å²) in [4.78, 5) is 4.61. The van der Waals surface area contributed by atoms with Gasteiger partial charge in [-0.25, -0.2) is 4.98 Å². The third kappa shape index (κ3) is 2.92. The van der Waals surface area contributed by atoms with Gasteiger partial charge in [0, 0.05) is 11.9 Å². The molecule has 4 rings (SSSR count). The normalized spacial score (nSPS) is 11.2. The van der Waals surface area contributed by atoms with Crippen LogP contribution in [0, 0.1) is 0 Å². The summed E-state index contributed by atoms with van der Waals surface area (Å²) in [5.74, 6) is 0.632. The molecule has 0 aliphatic heterocycles. The number of rotatable bonds is 4. The van der Waals surface area contributed by atoms with Crippen LogP contribution in [0.4, 0.5) is 0 Å². The first-order valence-electron chi connectivity index (χ1n) is 7.01. The molecular formula is C15H10BrClN6S. The molecule has 24 heavy (non-hydrogen) atoms. The van der Waals surface area contributed by atoms with Crippen molar-refractivity contribution in [3.63, 3.8) is 0 Å². The second kappa shape index (κ2) is 6.54. The molecule has 0 spiro atoms. The van der Waals surface area contributed by atoms with Crippen molar-refractivity contribution in [2.45, 2.75) is 10.9 Å². The SMILES string of the molecule is Clc1ccc2nc(CSc3nnnn3-c3ccccc3)c(Br)n2c1. The smallest absolute Gasteiger partial charge is 0.214 e. The summed E-state index contributed by atoms with van der Waals surface area (Å²) in [6.45, 7) is 0. The predicted molar refractivity (Wildman–Crippen MR) is 96.6 cm³/mol. The third-order valence-electron chi connectivity index (χ3n) is 3.37. The number of aromatic nitrogens is 6. The van der Waals surface area contributed by atoms with Crippen LogP contribution in [-0.2, 0) is 5.75 Å². The highest BCUT2D eigenvalue weighted by atomic mass is 79.9. The minimum absolute atomic E-state index is 0.632. The van der Waals surface area contributed by atoms with E-state index in [4.69, 9.17) is 11.6 Å². The van der Waals surface area contributed by atoms with Gasteiger partial charge >= 0.3 is 0 Å². The van der Waals surface area contributed by atoms with E-state index in [0.29, 0.717) is 15.9 Å². The number of hydrogen-bond donors (Lipinski definition) is 0. The number of benzene rings is 1. The first-order valence-corrected chi connectivity index (χ1v) is 9.16. The standard InChI is InChI=1S/C15H10BrClN6S/c16-14-12(18-13-7-6-10(17)8-22(13)14)9-24-15-19-20-21-23(15)11-4-2-1-3-5-11/h1-8H,9H2. The zero-order chi connectivity index (χ0) is 16.5. The maximum atomic E-state index is 6.04. The maximum Gasteiger partial charge on any atom is 0.214 e. The highest BCUT2D eigenvalue weighted by Crippen LogP contribution is 2.28. The van der Waals surface area contributed by atoms with Gasteiger partial charge < -0.3 is 0 Å². The van der Waals surface area contributed by atoms with E-state index in [1.165, 1.54) is 11.8 Å². The number of hydrogen-bond acceptors (Lipinski definition) is 5. The van der Waals surface area contributed by atoms with Crippen molar-refractivity contribution in [1.82, 2.24) is 29.6 Å². The Morgan fingerprint density at radius 2 is 1.96 bits per heavy atom. The number of imidazole rings is 1. The monoisotopic (exact) mass is 420 g/mol. The molecule has 0 atom stereocenters. The quantitative estimate of drug-likeness (QED) is 0.466. The van der Waals surface area contributed by atoms with Gasteiger partial charge in [-0.05, 0) is 50.6 Å². The first kappa shape index (κ1) is 15.6. The van der Waals surface area contributed by atoms with E-state index >= 15 is 0 Å². The number of nitrogens with zero attached hydrogens (tertiary/aromatic N) is 6. The summed E-state index contributed by atoms with van der Waals surface area (Å²) in [6, 6.07) is 13.5. The van der Waals surface area contributed by atoms with Gasteiger partial charge in [0.25, 0.3) is 0 Å². The largest absolute Gasteiger partial charge is 0.292 e. The molecule has 0 saturated carbocycles. The van der Waals surface area contributed by atoms with Crippen LogP contribution in [0.5, 0.6) is 0 Å². The average molecular weight is 422 g/mol. The van der Waals surface area contributed by atoms with Gasteiger partial charge in [0.1, 0.15) is 10.3 Å². The fourth-order valence-electron chi connectivity index (χ4n) is 2.26. The number of fused-ring (bicyclic) bond motifs is 1. The maximum absolute atomic E-state index is 6.04. The van der Waals surface area contributed by atoms with Crippen molar-refractivity contribution >= 4 is 44.9 Å². The second-order valence-electron chi connectivity index (χ2n) is 4.92. The fraction of sp³-hybridized carbons (Fsp3) is 0.0667. The van der Waals surface area contributed by atoms with E-state index in [0.717, 1.165) is 21.6 Å². The van der Waals surface area contributed by atoms with Gasteiger partial charge in [0.05, 0.1) is 16.4 Å². The van der Waals surface area contributed by atoms with Gasteiger partial charge in [-0.15, -0.1) is 5.10 Å². The molecular weight excluding hydrogens is 412 g/mol. The Kier molecular flexibility index (Phi) is 4.26. The van der Waals surface area contributed by atoms with Gasteiger partial charge in [-0.3, -0.25) is 4.40 Å². The van der Waals surface area contributed by atoms with E-state index in [1.807, 2.05) is 53.1 Å². The number of halogens is 2. The average Bonchev–Trinajstić information content (AvgIpc) is 3.19. The molecule has 9 heteroatoms. The number of pyridine rings is 1. The van der Waals surface area contributed by atoms with E-state index in [-0.39, 0.29) is 0 Å². The van der Waals surface area contributed by atoms with Crippen LogP contribution in [0.3, 0.4) is 0 Å². The Morgan fingerprint density at radius 1 is 1.12 bits per heavy atom. The molecule has 0 saturated heterocycles. The Hall–Kier alpha value is -1.90. The summed E-state index contributed by atoms with van der Waals surface area (Å²) in [6.07, 6.45) is 1.83. The summed E-state index contributed by atoms with van der Waals surface area (Å²) in [5.41, 5.74) is 2.67. The highest BCUT2D eigenvalue weighted by Gasteiger charge is 2.14. The zero-order valence-electron chi connectivity index (χ0n) is 12.2. The van der Waals surface area contributed by atoms with Gasteiger partial charge in [0.15, 0.2) is 0 Å². The van der Waals surface area contributed by atoms with Crippen molar-refractivity contribution in [1.29, 1.82) is 0 Å². The van der Waals surface area contributed by atoms with Crippen LogP contribution in [0.2, 0.25) is 5.02 Å². The van der Waals surface area contributed by atoms with E-state index < -0.39 is 0 Å². The summed E-state index contributed by atoms with van der Waals surface area (Å²) >= 11 is 11.1. The van der Waals surface area contributed by atoms with E-state index in [2.05, 4.69) is 36.4 Å². The Balaban J connectivity index is 1.60. The molecule has 0 fully saturated rings. The van der Waals surface area contributed by atoms with Gasteiger partial charge in [-0.2, -0.15) is 4.68 Å². The highest BCUT2D eigenvalue weighted by molar-refractivity contribution is 9.10. The lowest BCUT2D eigenvalue weighted by atomic mass is 10.3. The molecule has 0 aliphatic rings. The number of tetrazole rings is 1. The Labute approximate surface area is 155 Å². The van der Waals surface area contributed by atoms with Crippen LogP contribution in [0.15, 0.2) is 58.4 Å². The van der Waals surface area contributed by atoms with Crippen molar-refractivity contribution in [2.75, 3.05) is 0 Å². The van der Waals surface area contributed by atoms with Crippen molar-refractivity contribution < 1.29 is 0 Å². The lowest BCUT2D eigenvalue weighted by molar-refractivity contribution is 0.756. The number of thioether (sulfide) groups is 1. The van der Waals surface area contributed by atoms with Crippen molar-refractivity contribution in [3.05, 3.63) is 64.0 Å². The molecule has 0 N–H and O–H groups in total. The van der Waals surface area contributed by atoms with E-state index in [9.17, 15) is 0 Å². The Morgan fingerprint density at radius 3 is 2.79 bits per heavy atom. The molecule has 0 bridgehead atoms. The van der Waals surface area contributed by atoms with Gasteiger partial charge in [-0.1, -0.05) is 41.6 Å². The molecule has 3 aromatic heterocycles. The molecule has 0 amide bonds. The minimum Gasteiger partial charge on any atom is -0.292 e. The van der Waals surface area contributed by atoms with Crippen molar-refractivity contribution in [2.24, 2.45) is 0 Å². The lowest BCUT2D eigenvalue weighted by Gasteiger charge is -2.03. The Bertz CT molecular complexity index is 1000. The summed E-state index contributed by atoms with van der Waals surface area (Å²) < 4.78 is 4.51. The van der Waals surface area contributed by atoms with Crippen LogP contribution < -0.4 is 0 Å². The minimum atomic E-state index is 0.632. The lowest BCUT2D eigenvalue weighted by Crippen LogP contribution is -1.98. The molecule has 3 heterocycles. The molecule has 120 valence electrons. The molecule has 4 aromatic rings. The summed E-state index contributed by atoms with van der Waals surface area (Å²) in [7, 11) is 0. The third-order valence-corrected chi connectivity index (χ3v) is 5.36. The van der Waals surface area contributed by atoms with Crippen LogP contribution in [0.25, 0.3) is 11.3 Å². The predicted octanol–water partition coefficient (Wildman–Crippen LogP) is 4.02. The molecule has 1 aromatic carbocycles. The number of para-hydroxylation sites is 1. The van der Waals surface area contributed by atoms with Crippen LogP contribution in [0.1, 0.15) is 5.69 Å². The topological polar surface area (TPSA) is 60.9 Å². The second-order valence-corrected chi connectivity index (χ2v) is 7.05. The molecule has 0 unspecified atom stereocenters. The fourth-order valence-corrected chi connectivity index (χ4v) is 3.95. The first-order chi connectivity index (χ1) is 11.7. The van der Waals surface area contributed by atoms with Gasteiger partial charge in [0.2, 0.25) is 5.16 Å².